The highest BCUT2D eigenvalue weighted by atomic mass is 32.2. The molecule has 0 saturated heterocycles. The van der Waals surface area contributed by atoms with Crippen molar-refractivity contribution < 1.29 is 26.7 Å². The molecule has 0 aliphatic rings. The third-order valence-corrected chi connectivity index (χ3v) is 4.47. The normalized spacial score (nSPS) is 12.1. The van der Waals surface area contributed by atoms with Crippen molar-refractivity contribution in [1.82, 2.24) is 4.98 Å². The highest BCUT2D eigenvalue weighted by Gasteiger charge is 2.15. The molecule has 10 heteroatoms. The Morgan fingerprint density at radius 1 is 1.26 bits per heavy atom. The fraction of sp³-hybridized carbons (Fsp3) is 0.333. The summed E-state index contributed by atoms with van der Waals surface area (Å²) >= 11 is 0. The Kier molecular flexibility index (Phi) is 4.48. The maximum atomic E-state index is 11.6. The number of anilines is 1. The molecule has 0 amide bonds. The molecular formula is C9H12N2O6S2. The fourth-order valence-electron chi connectivity index (χ4n) is 1.10. The number of nitrogens with one attached hydrogen (secondary N) is 1. The number of rotatable bonds is 6. The van der Waals surface area contributed by atoms with Crippen molar-refractivity contribution in [2.24, 2.45) is 0 Å². The fourth-order valence-corrected chi connectivity index (χ4v) is 3.77. The van der Waals surface area contributed by atoms with E-state index in [1.165, 1.54) is 0 Å². The number of aromatic carboxylic acids is 1. The van der Waals surface area contributed by atoms with Crippen molar-refractivity contribution in [3.05, 3.63) is 24.0 Å². The predicted octanol–water partition coefficient (Wildman–Crippen LogP) is -0.434. The SMILES string of the molecule is CS(=O)(=O)CCS(=O)(=O)Nc1cncc(C(=O)O)c1. The molecule has 0 aromatic carbocycles. The summed E-state index contributed by atoms with van der Waals surface area (Å²) in [7, 11) is -7.27. The van der Waals surface area contributed by atoms with Crippen LogP contribution in [0.2, 0.25) is 0 Å². The Morgan fingerprint density at radius 3 is 2.42 bits per heavy atom. The minimum absolute atomic E-state index is 0.0339. The zero-order chi connectivity index (χ0) is 14.7. The number of sulfone groups is 1. The van der Waals surface area contributed by atoms with E-state index >= 15 is 0 Å². The number of hydrogen-bond acceptors (Lipinski definition) is 6. The van der Waals surface area contributed by atoms with Crippen molar-refractivity contribution in [2.75, 3.05) is 22.5 Å². The topological polar surface area (TPSA) is 130 Å². The van der Waals surface area contributed by atoms with Gasteiger partial charge in [-0.05, 0) is 6.07 Å². The van der Waals surface area contributed by atoms with Crippen LogP contribution in [0.25, 0.3) is 0 Å². The number of carboxylic acids is 1. The first kappa shape index (κ1) is 15.4. The molecule has 106 valence electrons. The van der Waals surface area contributed by atoms with Crippen LogP contribution in [0.15, 0.2) is 18.5 Å². The quantitative estimate of drug-likeness (QED) is 0.728. The minimum Gasteiger partial charge on any atom is -0.478 e. The van der Waals surface area contributed by atoms with Gasteiger partial charge in [-0.3, -0.25) is 9.71 Å². The van der Waals surface area contributed by atoms with E-state index in [0.29, 0.717) is 0 Å². The van der Waals surface area contributed by atoms with Crippen molar-refractivity contribution >= 4 is 31.5 Å². The average molecular weight is 308 g/mol. The summed E-state index contributed by atoms with van der Waals surface area (Å²) in [4.78, 5) is 14.3. The van der Waals surface area contributed by atoms with Gasteiger partial charge in [0.2, 0.25) is 10.0 Å². The summed E-state index contributed by atoms with van der Waals surface area (Å²) in [5.74, 6) is -2.37. The van der Waals surface area contributed by atoms with Gasteiger partial charge in [-0.15, -0.1) is 0 Å². The molecule has 0 radical (unpaired) electrons. The molecule has 1 rings (SSSR count). The Bertz CT molecular complexity index is 680. The first-order valence-corrected chi connectivity index (χ1v) is 8.67. The standard InChI is InChI=1S/C9H12N2O6S2/c1-18(14,15)2-3-19(16,17)11-8-4-7(9(12)13)5-10-6-8/h4-6,11H,2-3H2,1H3,(H,12,13). The van der Waals surface area contributed by atoms with E-state index in [2.05, 4.69) is 9.71 Å². The van der Waals surface area contributed by atoms with E-state index in [-0.39, 0.29) is 11.3 Å². The highest BCUT2D eigenvalue weighted by molar-refractivity contribution is 7.95. The summed E-state index contributed by atoms with van der Waals surface area (Å²) in [6.07, 6.45) is 3.12. The van der Waals surface area contributed by atoms with Crippen LogP contribution in [0, 0.1) is 0 Å². The van der Waals surface area contributed by atoms with Crippen LogP contribution < -0.4 is 4.72 Å². The van der Waals surface area contributed by atoms with Crippen LogP contribution in [0.1, 0.15) is 10.4 Å². The van der Waals surface area contributed by atoms with Gasteiger partial charge in [0, 0.05) is 12.5 Å². The summed E-state index contributed by atoms with van der Waals surface area (Å²) in [6, 6.07) is 1.09. The second kappa shape index (κ2) is 5.53. The van der Waals surface area contributed by atoms with E-state index < -0.39 is 37.3 Å². The molecule has 1 aromatic rings. The lowest BCUT2D eigenvalue weighted by Gasteiger charge is -2.07. The van der Waals surface area contributed by atoms with Crippen molar-refractivity contribution in [2.45, 2.75) is 0 Å². The monoisotopic (exact) mass is 308 g/mol. The molecule has 0 bridgehead atoms. The Hall–Kier alpha value is -1.68. The maximum absolute atomic E-state index is 11.6. The van der Waals surface area contributed by atoms with Gasteiger partial charge < -0.3 is 5.11 Å². The third-order valence-electron chi connectivity index (χ3n) is 1.98. The van der Waals surface area contributed by atoms with Gasteiger partial charge in [0.1, 0.15) is 9.84 Å². The molecule has 0 aliphatic heterocycles. The number of nitrogens with zero attached hydrogens (tertiary/aromatic N) is 1. The number of sulfonamides is 1. The second-order valence-electron chi connectivity index (χ2n) is 3.82. The minimum atomic E-state index is -3.87. The van der Waals surface area contributed by atoms with Gasteiger partial charge in [-0.25, -0.2) is 21.6 Å². The molecule has 0 saturated carbocycles. The van der Waals surface area contributed by atoms with Crippen LogP contribution in [-0.4, -0.2) is 50.7 Å². The third kappa shape index (κ3) is 5.66. The van der Waals surface area contributed by atoms with Crippen molar-refractivity contribution in [3.8, 4) is 0 Å². The van der Waals surface area contributed by atoms with E-state index in [9.17, 15) is 21.6 Å². The molecule has 0 atom stereocenters. The predicted molar refractivity (Wildman–Crippen MR) is 68.3 cm³/mol. The zero-order valence-corrected chi connectivity index (χ0v) is 11.5. The van der Waals surface area contributed by atoms with E-state index in [1.54, 1.807) is 0 Å². The molecule has 1 aromatic heterocycles. The molecular weight excluding hydrogens is 296 g/mol. The summed E-state index contributed by atoms with van der Waals surface area (Å²) in [5.41, 5.74) is -0.211. The van der Waals surface area contributed by atoms with Crippen LogP contribution >= 0.6 is 0 Å². The van der Waals surface area contributed by atoms with Gasteiger partial charge in [0.05, 0.1) is 29.0 Å². The second-order valence-corrected chi connectivity index (χ2v) is 7.92. The molecule has 0 unspecified atom stereocenters. The van der Waals surface area contributed by atoms with E-state index in [0.717, 1.165) is 24.7 Å². The van der Waals surface area contributed by atoms with Gasteiger partial charge in [0.25, 0.3) is 0 Å². The molecule has 2 N–H and O–H groups in total. The first-order chi connectivity index (χ1) is 8.59. The average Bonchev–Trinajstić information content (AvgIpc) is 2.25. The van der Waals surface area contributed by atoms with Crippen LogP contribution in [0.5, 0.6) is 0 Å². The van der Waals surface area contributed by atoms with E-state index in [1.807, 2.05) is 0 Å². The number of pyridine rings is 1. The van der Waals surface area contributed by atoms with Crippen molar-refractivity contribution in [1.29, 1.82) is 0 Å². The van der Waals surface area contributed by atoms with E-state index in [4.69, 9.17) is 5.11 Å². The molecule has 0 aliphatic carbocycles. The summed E-state index contributed by atoms with van der Waals surface area (Å²) in [6.45, 7) is 0. The largest absolute Gasteiger partial charge is 0.478 e. The van der Waals surface area contributed by atoms with Crippen molar-refractivity contribution in [3.63, 3.8) is 0 Å². The number of hydrogen-bond donors (Lipinski definition) is 2. The Morgan fingerprint density at radius 2 is 1.89 bits per heavy atom. The van der Waals surface area contributed by atoms with Crippen LogP contribution in [0.4, 0.5) is 5.69 Å². The summed E-state index contributed by atoms with van der Waals surface area (Å²) < 4.78 is 47.0. The highest BCUT2D eigenvalue weighted by Crippen LogP contribution is 2.10. The molecule has 0 spiro atoms. The lowest BCUT2D eigenvalue weighted by Crippen LogP contribution is -2.22. The Labute approximate surface area is 110 Å². The molecule has 19 heavy (non-hydrogen) atoms. The van der Waals surface area contributed by atoms with Gasteiger partial charge in [-0.1, -0.05) is 0 Å². The maximum Gasteiger partial charge on any atom is 0.337 e. The summed E-state index contributed by atoms with van der Waals surface area (Å²) in [5, 5.41) is 8.72. The lowest BCUT2D eigenvalue weighted by atomic mass is 10.3. The smallest absolute Gasteiger partial charge is 0.337 e. The number of aromatic nitrogens is 1. The van der Waals surface area contributed by atoms with Crippen LogP contribution in [0.3, 0.4) is 0 Å². The van der Waals surface area contributed by atoms with Gasteiger partial charge >= 0.3 is 5.97 Å². The first-order valence-electron chi connectivity index (χ1n) is 4.96. The van der Waals surface area contributed by atoms with Gasteiger partial charge in [0.15, 0.2) is 0 Å². The number of carbonyl (C=O) groups is 1. The molecule has 0 fully saturated rings. The lowest BCUT2D eigenvalue weighted by molar-refractivity contribution is 0.0696. The van der Waals surface area contributed by atoms with Crippen LogP contribution in [-0.2, 0) is 19.9 Å². The van der Waals surface area contributed by atoms with Gasteiger partial charge in [-0.2, -0.15) is 0 Å². The Balaban J connectivity index is 2.84. The molecule has 1 heterocycles. The molecule has 8 nitrogen and oxygen atoms in total. The number of carboxylic acid groups (broad SMARTS) is 1. The zero-order valence-electron chi connectivity index (χ0n) is 9.90.